The molecule has 0 radical (unpaired) electrons. The van der Waals surface area contributed by atoms with Crippen LogP contribution in [0.2, 0.25) is 0 Å². The van der Waals surface area contributed by atoms with Crippen LogP contribution >= 0.6 is 43.2 Å². The van der Waals surface area contributed by atoms with Crippen molar-refractivity contribution in [3.05, 3.63) is 112 Å². The molecular formula is C26H19Br2N3O4S. The third-order valence-electron chi connectivity index (χ3n) is 5.67. The predicted molar refractivity (Wildman–Crippen MR) is 146 cm³/mol. The summed E-state index contributed by atoms with van der Waals surface area (Å²) in [5.74, 6) is 0.866. The maximum Gasteiger partial charge on any atom is 0.271 e. The van der Waals surface area contributed by atoms with Gasteiger partial charge in [-0.1, -0.05) is 41.7 Å². The number of furan rings is 1. The van der Waals surface area contributed by atoms with Crippen molar-refractivity contribution in [1.29, 1.82) is 0 Å². The Morgan fingerprint density at radius 3 is 2.53 bits per heavy atom. The Morgan fingerprint density at radius 2 is 1.89 bits per heavy atom. The van der Waals surface area contributed by atoms with E-state index in [-0.39, 0.29) is 11.5 Å². The summed E-state index contributed by atoms with van der Waals surface area (Å²) in [6.07, 6.45) is 1.67. The number of hydrogen-bond acceptors (Lipinski definition) is 6. The molecule has 1 unspecified atom stereocenters. The molecule has 7 nitrogen and oxygen atoms in total. The van der Waals surface area contributed by atoms with E-state index < -0.39 is 6.04 Å². The third-order valence-corrected chi connectivity index (χ3v) is 8.36. The largest absolute Gasteiger partial charge is 0.497 e. The number of methoxy groups -OCH3 is 1. The van der Waals surface area contributed by atoms with Gasteiger partial charge < -0.3 is 14.5 Å². The third kappa shape index (κ3) is 4.63. The average Bonchev–Trinajstić information content (AvgIpc) is 3.35. The molecule has 1 N–H and O–H groups in total. The molecule has 182 valence electrons. The fourth-order valence-corrected chi connectivity index (χ4v) is 5.63. The molecule has 5 rings (SSSR count). The Hall–Kier alpha value is -3.21. The first kappa shape index (κ1) is 24.5. The molecule has 4 aromatic rings. The lowest BCUT2D eigenvalue weighted by atomic mass is 9.95. The summed E-state index contributed by atoms with van der Waals surface area (Å²) >= 11 is 7.96. The number of carbonyl (C=O) groups is 1. The standard InChI is InChI=1S/C26H19Br2N3O4S/c1-14-21(24(32)30-16-6-4-3-5-7-16)22(15-8-10-17(34-2)11-9-15)31-25(33)20(36-26(31)29-14)13-18-12-19(27)23(28)35-18/h3-13,22H,1-2H3,(H,30,32). The number of carbonyl (C=O) groups excluding carboxylic acids is 1. The van der Waals surface area contributed by atoms with Gasteiger partial charge in [-0.15, -0.1) is 0 Å². The smallest absolute Gasteiger partial charge is 0.271 e. The molecule has 0 saturated carbocycles. The van der Waals surface area contributed by atoms with E-state index in [0.717, 1.165) is 10.0 Å². The second-order valence-electron chi connectivity index (χ2n) is 7.95. The second kappa shape index (κ2) is 10.0. The van der Waals surface area contributed by atoms with Gasteiger partial charge in [0.2, 0.25) is 0 Å². The van der Waals surface area contributed by atoms with Crippen LogP contribution < -0.4 is 24.9 Å². The molecule has 0 saturated heterocycles. The first-order valence-corrected chi connectivity index (χ1v) is 13.2. The van der Waals surface area contributed by atoms with Crippen molar-refractivity contribution in [2.45, 2.75) is 13.0 Å². The Bertz CT molecular complexity index is 1650. The molecule has 10 heteroatoms. The average molecular weight is 629 g/mol. The van der Waals surface area contributed by atoms with E-state index in [1.54, 1.807) is 30.7 Å². The van der Waals surface area contributed by atoms with Crippen molar-refractivity contribution in [2.24, 2.45) is 4.99 Å². The van der Waals surface area contributed by atoms with Gasteiger partial charge in [-0.3, -0.25) is 14.2 Å². The van der Waals surface area contributed by atoms with Gasteiger partial charge in [-0.25, -0.2) is 4.99 Å². The van der Waals surface area contributed by atoms with Crippen molar-refractivity contribution in [3.8, 4) is 5.75 Å². The molecule has 1 amide bonds. The minimum Gasteiger partial charge on any atom is -0.497 e. The van der Waals surface area contributed by atoms with Gasteiger partial charge in [-0.2, -0.15) is 0 Å². The number of fused-ring (bicyclic) bond motifs is 1. The van der Waals surface area contributed by atoms with Gasteiger partial charge in [0, 0.05) is 11.8 Å². The Morgan fingerprint density at radius 1 is 1.17 bits per heavy atom. The number of para-hydroxylation sites is 1. The van der Waals surface area contributed by atoms with E-state index in [9.17, 15) is 9.59 Å². The first-order chi connectivity index (χ1) is 17.4. The summed E-state index contributed by atoms with van der Waals surface area (Å²) in [6, 6.07) is 17.6. The number of thiazole rings is 1. The maximum atomic E-state index is 13.7. The number of amides is 1. The molecule has 1 aliphatic rings. The molecule has 1 aliphatic heterocycles. The van der Waals surface area contributed by atoms with Gasteiger partial charge in [0.15, 0.2) is 9.47 Å². The number of halogens is 2. The Labute approximate surface area is 226 Å². The molecule has 2 aromatic carbocycles. The Balaban J connectivity index is 1.67. The predicted octanol–water partition coefficient (Wildman–Crippen LogP) is 5.00. The first-order valence-electron chi connectivity index (χ1n) is 10.8. The van der Waals surface area contributed by atoms with Crippen LogP contribution in [0.3, 0.4) is 0 Å². The molecule has 1 atom stereocenters. The van der Waals surface area contributed by atoms with Gasteiger partial charge >= 0.3 is 0 Å². The lowest BCUT2D eigenvalue weighted by Crippen LogP contribution is -2.40. The number of aromatic nitrogens is 1. The van der Waals surface area contributed by atoms with Crippen molar-refractivity contribution in [2.75, 3.05) is 12.4 Å². The highest BCUT2D eigenvalue weighted by Crippen LogP contribution is 2.32. The van der Waals surface area contributed by atoms with E-state index in [4.69, 9.17) is 9.15 Å². The van der Waals surface area contributed by atoms with Crippen molar-refractivity contribution in [1.82, 2.24) is 4.57 Å². The van der Waals surface area contributed by atoms with Crippen LogP contribution in [-0.2, 0) is 4.79 Å². The molecular weight excluding hydrogens is 610 g/mol. The molecule has 0 bridgehead atoms. The van der Waals surface area contributed by atoms with Crippen LogP contribution in [0, 0.1) is 0 Å². The van der Waals surface area contributed by atoms with Crippen LogP contribution in [0.5, 0.6) is 5.75 Å². The van der Waals surface area contributed by atoms with Crippen LogP contribution in [0.25, 0.3) is 6.08 Å². The number of ether oxygens (including phenoxy) is 1. The normalized spacial score (nSPS) is 15.4. The quantitative estimate of drug-likeness (QED) is 0.337. The van der Waals surface area contributed by atoms with Gasteiger partial charge in [0.1, 0.15) is 11.5 Å². The summed E-state index contributed by atoms with van der Waals surface area (Å²) in [5.41, 5.74) is 2.09. The van der Waals surface area contributed by atoms with E-state index in [0.29, 0.717) is 42.5 Å². The van der Waals surface area contributed by atoms with E-state index in [2.05, 4.69) is 42.2 Å². The highest BCUT2D eigenvalue weighted by molar-refractivity contribution is 9.13. The van der Waals surface area contributed by atoms with E-state index in [1.165, 1.54) is 11.3 Å². The van der Waals surface area contributed by atoms with Crippen molar-refractivity contribution >= 4 is 60.9 Å². The number of anilines is 1. The highest BCUT2D eigenvalue weighted by atomic mass is 79.9. The van der Waals surface area contributed by atoms with E-state index in [1.807, 2.05) is 54.6 Å². The number of allylic oxidation sites excluding steroid dienone is 1. The van der Waals surface area contributed by atoms with Crippen molar-refractivity contribution in [3.63, 3.8) is 0 Å². The van der Waals surface area contributed by atoms with Gasteiger partial charge in [0.25, 0.3) is 11.5 Å². The number of nitrogens with one attached hydrogen (secondary N) is 1. The summed E-state index contributed by atoms with van der Waals surface area (Å²) in [7, 11) is 1.59. The van der Waals surface area contributed by atoms with Crippen LogP contribution in [0.4, 0.5) is 5.69 Å². The zero-order valence-corrected chi connectivity index (χ0v) is 23.1. The summed E-state index contributed by atoms with van der Waals surface area (Å²) in [5, 5.41) is 2.94. The lowest BCUT2D eigenvalue weighted by Gasteiger charge is -2.25. The molecule has 2 aromatic heterocycles. The van der Waals surface area contributed by atoms with Gasteiger partial charge in [-0.05, 0) is 74.7 Å². The summed E-state index contributed by atoms with van der Waals surface area (Å²) in [4.78, 5) is 32.4. The number of hydrogen-bond donors (Lipinski definition) is 1. The van der Waals surface area contributed by atoms with Crippen LogP contribution in [0.1, 0.15) is 24.3 Å². The zero-order valence-electron chi connectivity index (χ0n) is 19.1. The SMILES string of the molecule is COc1ccc(C2C(C(=O)Nc3ccccc3)=C(C)N=c3sc(=Cc4cc(Br)c(Br)o4)c(=O)n32)cc1. The Kier molecular flexibility index (Phi) is 6.83. The minimum absolute atomic E-state index is 0.263. The van der Waals surface area contributed by atoms with Gasteiger partial charge in [0.05, 0.1) is 33.4 Å². The number of benzene rings is 2. The summed E-state index contributed by atoms with van der Waals surface area (Å²) < 4.78 is 14.2. The van der Waals surface area contributed by atoms with E-state index >= 15 is 0 Å². The highest BCUT2D eigenvalue weighted by Gasteiger charge is 2.32. The maximum absolute atomic E-state index is 13.7. The monoisotopic (exact) mass is 627 g/mol. The summed E-state index contributed by atoms with van der Waals surface area (Å²) in [6.45, 7) is 1.79. The topological polar surface area (TPSA) is 85.8 Å². The number of nitrogens with zero attached hydrogens (tertiary/aromatic N) is 2. The second-order valence-corrected chi connectivity index (χ2v) is 10.5. The lowest BCUT2D eigenvalue weighted by molar-refractivity contribution is -0.113. The molecule has 3 heterocycles. The number of rotatable bonds is 5. The van der Waals surface area contributed by atoms with Crippen molar-refractivity contribution < 1.29 is 13.9 Å². The molecule has 0 aliphatic carbocycles. The fourth-order valence-electron chi connectivity index (χ4n) is 4.00. The zero-order chi connectivity index (χ0) is 25.4. The van der Waals surface area contributed by atoms with Crippen LogP contribution in [-0.4, -0.2) is 17.6 Å². The molecule has 36 heavy (non-hydrogen) atoms. The molecule has 0 spiro atoms. The van der Waals surface area contributed by atoms with Crippen LogP contribution in [0.15, 0.2) is 95.3 Å². The molecule has 0 fully saturated rings. The fraction of sp³-hybridized carbons (Fsp3) is 0.115. The minimum atomic E-state index is -0.673.